The van der Waals surface area contributed by atoms with Gasteiger partial charge < -0.3 is 5.32 Å². The van der Waals surface area contributed by atoms with Crippen molar-refractivity contribution >= 4 is 6.34 Å². The molecule has 2 heteroatoms. The van der Waals surface area contributed by atoms with Crippen LogP contribution < -0.4 is 5.32 Å². The van der Waals surface area contributed by atoms with Crippen molar-refractivity contribution in [2.75, 3.05) is 0 Å². The summed E-state index contributed by atoms with van der Waals surface area (Å²) in [5, 5.41) is 3.16. The van der Waals surface area contributed by atoms with E-state index in [2.05, 4.69) is 45.8 Å². The molecule has 23 heavy (non-hydrogen) atoms. The van der Waals surface area contributed by atoms with Gasteiger partial charge >= 0.3 is 0 Å². The summed E-state index contributed by atoms with van der Waals surface area (Å²) in [7, 11) is 0. The van der Waals surface area contributed by atoms with Crippen LogP contribution in [-0.4, -0.2) is 18.4 Å². The van der Waals surface area contributed by atoms with Crippen LogP contribution in [0.25, 0.3) is 0 Å². The lowest BCUT2D eigenvalue weighted by Crippen LogP contribution is -2.29. The minimum Gasteiger partial charge on any atom is -0.360 e. The van der Waals surface area contributed by atoms with Crippen molar-refractivity contribution in [3.63, 3.8) is 0 Å². The van der Waals surface area contributed by atoms with E-state index in [0.717, 1.165) is 22.3 Å². The molecule has 2 aromatic rings. The van der Waals surface area contributed by atoms with E-state index < -0.39 is 0 Å². The molecule has 2 nitrogen and oxygen atoms in total. The number of fused-ring (bicyclic) bond motifs is 3. The summed E-state index contributed by atoms with van der Waals surface area (Å²) >= 11 is 0. The largest absolute Gasteiger partial charge is 0.360 e. The number of hydrogen-bond acceptors (Lipinski definition) is 2. The molecule has 0 bridgehead atoms. The highest BCUT2D eigenvalue weighted by atomic mass is 15.1. The van der Waals surface area contributed by atoms with Gasteiger partial charge in [-0.1, -0.05) is 59.8 Å². The molecule has 2 aliphatic rings. The third-order valence-corrected chi connectivity index (χ3v) is 3.71. The maximum Gasteiger partial charge on any atom is 0.144 e. The molecule has 2 atom stereocenters. The van der Waals surface area contributed by atoms with Gasteiger partial charge in [0.25, 0.3) is 0 Å². The maximum absolute atomic E-state index is 4.37. The van der Waals surface area contributed by atoms with Crippen molar-refractivity contribution in [1.82, 2.24) is 5.32 Å². The Bertz CT molecular complexity index is 981. The summed E-state index contributed by atoms with van der Waals surface area (Å²) < 4.78 is 0. The van der Waals surface area contributed by atoms with Gasteiger partial charge in [-0.25, -0.2) is 0 Å². The van der Waals surface area contributed by atoms with Crippen LogP contribution in [0.15, 0.2) is 53.5 Å². The molecule has 1 heterocycles. The van der Waals surface area contributed by atoms with Crippen LogP contribution in [0.5, 0.6) is 0 Å². The van der Waals surface area contributed by atoms with Crippen LogP contribution in [0.4, 0.5) is 0 Å². The summed E-state index contributed by atoms with van der Waals surface area (Å²) in [6.45, 7) is 0. The highest BCUT2D eigenvalue weighted by Gasteiger charge is 2.19. The second-order valence-electron chi connectivity index (χ2n) is 5.25. The van der Waals surface area contributed by atoms with E-state index in [1.54, 1.807) is 6.34 Å². The normalized spacial score (nSPS) is 19.5. The van der Waals surface area contributed by atoms with Crippen LogP contribution in [0, 0.1) is 35.5 Å². The van der Waals surface area contributed by atoms with Gasteiger partial charge in [0.15, 0.2) is 0 Å². The lowest BCUT2D eigenvalue weighted by atomic mass is 10.0. The van der Waals surface area contributed by atoms with Crippen molar-refractivity contribution in [3.8, 4) is 35.5 Å². The third kappa shape index (κ3) is 2.69. The summed E-state index contributed by atoms with van der Waals surface area (Å²) in [5.74, 6) is 19.3. The zero-order valence-electron chi connectivity index (χ0n) is 12.3. The maximum atomic E-state index is 4.37. The molecule has 0 amide bonds. The third-order valence-electron chi connectivity index (χ3n) is 3.71. The molecule has 0 fully saturated rings. The standard InChI is InChI=1S/C21H12N2/c1-3-7-18-11-13-20-21(23-15-22-20)14-12-19-8-4-2-6-17(19)10-9-16(18)5-1/h1-8,15,20-21H,(H,22,23). The number of aliphatic imine (C=N–C) groups is 1. The molecule has 106 valence electrons. The van der Waals surface area contributed by atoms with Gasteiger partial charge in [0.2, 0.25) is 0 Å². The Kier molecular flexibility index (Phi) is 3.32. The highest BCUT2D eigenvalue weighted by Crippen LogP contribution is 2.11. The first kappa shape index (κ1) is 13.3. The molecule has 1 aliphatic heterocycles. The number of benzene rings is 2. The summed E-state index contributed by atoms with van der Waals surface area (Å²) in [6.07, 6.45) is 1.69. The fourth-order valence-electron chi connectivity index (χ4n) is 2.47. The summed E-state index contributed by atoms with van der Waals surface area (Å²) in [4.78, 5) is 4.37. The zero-order valence-corrected chi connectivity index (χ0v) is 12.3. The SMILES string of the molecule is C1#Cc2ccccc2C#CC2NC=NC2C#Cc2ccccc21. The van der Waals surface area contributed by atoms with Crippen LogP contribution in [-0.2, 0) is 0 Å². The van der Waals surface area contributed by atoms with E-state index in [0.29, 0.717) is 0 Å². The van der Waals surface area contributed by atoms with E-state index in [1.807, 2.05) is 48.5 Å². The van der Waals surface area contributed by atoms with E-state index >= 15 is 0 Å². The quantitative estimate of drug-likeness (QED) is 0.740. The van der Waals surface area contributed by atoms with E-state index in [4.69, 9.17) is 0 Å². The Morgan fingerprint density at radius 3 is 1.83 bits per heavy atom. The van der Waals surface area contributed by atoms with E-state index in [-0.39, 0.29) is 12.1 Å². The van der Waals surface area contributed by atoms with Gasteiger partial charge in [-0.05, 0) is 24.3 Å². The summed E-state index contributed by atoms with van der Waals surface area (Å²) in [6, 6.07) is 15.6. The molecular weight excluding hydrogens is 280 g/mol. The molecule has 2 unspecified atom stereocenters. The second kappa shape index (κ2) is 5.76. The first-order chi connectivity index (χ1) is 11.4. The molecule has 1 aliphatic carbocycles. The summed E-state index contributed by atoms with van der Waals surface area (Å²) in [5.41, 5.74) is 3.71. The van der Waals surface area contributed by atoms with Gasteiger partial charge in [0.05, 0.1) is 6.34 Å². The lowest BCUT2D eigenvalue weighted by molar-refractivity contribution is 0.740. The van der Waals surface area contributed by atoms with Gasteiger partial charge in [0, 0.05) is 22.3 Å². The average Bonchev–Trinajstić information content (AvgIpc) is 3.04. The molecule has 0 aromatic heterocycles. The fourth-order valence-corrected chi connectivity index (χ4v) is 2.47. The minimum atomic E-state index is -0.157. The molecule has 0 saturated heterocycles. The van der Waals surface area contributed by atoms with Crippen LogP contribution in [0.2, 0.25) is 0 Å². The minimum absolute atomic E-state index is 0.0879. The molecule has 0 spiro atoms. The van der Waals surface area contributed by atoms with Crippen LogP contribution >= 0.6 is 0 Å². The Morgan fingerprint density at radius 1 is 0.696 bits per heavy atom. The van der Waals surface area contributed by atoms with Gasteiger partial charge in [-0.3, -0.25) is 4.99 Å². The number of nitrogens with one attached hydrogen (secondary N) is 1. The topological polar surface area (TPSA) is 24.4 Å². The first-order valence-electron chi connectivity index (χ1n) is 7.41. The number of hydrogen-bond donors (Lipinski definition) is 1. The van der Waals surface area contributed by atoms with E-state index in [1.165, 1.54) is 0 Å². The average molecular weight is 292 g/mol. The highest BCUT2D eigenvalue weighted by molar-refractivity contribution is 5.63. The Balaban J connectivity index is 1.92. The van der Waals surface area contributed by atoms with Crippen molar-refractivity contribution in [2.24, 2.45) is 4.99 Å². The van der Waals surface area contributed by atoms with Crippen LogP contribution in [0.3, 0.4) is 0 Å². The van der Waals surface area contributed by atoms with Crippen molar-refractivity contribution < 1.29 is 0 Å². The molecule has 0 saturated carbocycles. The van der Waals surface area contributed by atoms with Gasteiger partial charge in [0.1, 0.15) is 12.1 Å². The smallest absolute Gasteiger partial charge is 0.144 e. The van der Waals surface area contributed by atoms with Gasteiger partial charge in [-0.15, -0.1) is 0 Å². The van der Waals surface area contributed by atoms with Crippen LogP contribution in [0.1, 0.15) is 22.3 Å². The van der Waals surface area contributed by atoms with E-state index in [9.17, 15) is 0 Å². The van der Waals surface area contributed by atoms with Crippen molar-refractivity contribution in [2.45, 2.75) is 12.1 Å². The van der Waals surface area contributed by atoms with Crippen molar-refractivity contribution in [3.05, 3.63) is 70.8 Å². The second-order valence-corrected chi connectivity index (χ2v) is 5.25. The first-order valence-corrected chi connectivity index (χ1v) is 7.41. The number of nitrogens with zero attached hydrogens (tertiary/aromatic N) is 1. The Hall–Kier alpha value is -3.41. The molecule has 0 radical (unpaired) electrons. The Labute approximate surface area is 135 Å². The molecule has 1 N–H and O–H groups in total. The molecule has 2 aromatic carbocycles. The lowest BCUT2D eigenvalue weighted by Gasteiger charge is -2.06. The fraction of sp³-hybridized carbons (Fsp3) is 0.0952. The molecule has 4 rings (SSSR count). The Morgan fingerprint density at radius 2 is 1.22 bits per heavy atom. The zero-order chi connectivity index (χ0) is 15.5. The predicted octanol–water partition coefficient (Wildman–Crippen LogP) is 2.17. The monoisotopic (exact) mass is 292 g/mol. The number of rotatable bonds is 0. The van der Waals surface area contributed by atoms with Crippen molar-refractivity contribution in [1.29, 1.82) is 0 Å². The van der Waals surface area contributed by atoms with Gasteiger partial charge in [-0.2, -0.15) is 0 Å². The predicted molar refractivity (Wildman–Crippen MR) is 91.8 cm³/mol. The molecular formula is C21H12N2.